The van der Waals surface area contributed by atoms with E-state index in [-0.39, 0.29) is 29.8 Å². The summed E-state index contributed by atoms with van der Waals surface area (Å²) >= 11 is 7.34. The monoisotopic (exact) mass is 493 g/mol. The second-order valence-corrected chi connectivity index (χ2v) is 11.1. The Hall–Kier alpha value is -2.33. The second kappa shape index (κ2) is 9.27. The van der Waals surface area contributed by atoms with Crippen molar-refractivity contribution < 1.29 is 17.6 Å². The van der Waals surface area contributed by atoms with Crippen molar-refractivity contribution in [2.45, 2.75) is 24.7 Å². The number of anilines is 1. The first-order valence-corrected chi connectivity index (χ1v) is 12.7. The molecule has 0 bridgehead atoms. The summed E-state index contributed by atoms with van der Waals surface area (Å²) in [4.78, 5) is 18.3. The summed E-state index contributed by atoms with van der Waals surface area (Å²) in [6.07, 6.45) is 0.807. The molecule has 168 valence electrons. The summed E-state index contributed by atoms with van der Waals surface area (Å²) in [7, 11) is -3.71. The van der Waals surface area contributed by atoms with E-state index in [4.69, 9.17) is 11.6 Å². The van der Waals surface area contributed by atoms with E-state index in [9.17, 15) is 17.6 Å². The maximum atomic E-state index is 13.1. The number of nitrogens with zero attached hydrogens (tertiary/aromatic N) is 2. The molecule has 1 fully saturated rings. The van der Waals surface area contributed by atoms with E-state index < -0.39 is 15.8 Å². The Morgan fingerprint density at radius 3 is 2.38 bits per heavy atom. The summed E-state index contributed by atoms with van der Waals surface area (Å²) in [6, 6.07) is 12.1. The van der Waals surface area contributed by atoms with Crippen molar-refractivity contribution in [1.29, 1.82) is 0 Å². The fourth-order valence-electron chi connectivity index (χ4n) is 3.65. The lowest BCUT2D eigenvalue weighted by atomic mass is 9.97. The third-order valence-electron chi connectivity index (χ3n) is 5.42. The molecule has 1 amide bonds. The zero-order valence-corrected chi connectivity index (χ0v) is 19.6. The topological polar surface area (TPSA) is 79.4 Å². The van der Waals surface area contributed by atoms with Gasteiger partial charge in [-0.3, -0.25) is 4.79 Å². The smallest absolute Gasteiger partial charge is 0.243 e. The van der Waals surface area contributed by atoms with E-state index >= 15 is 0 Å². The standard InChI is InChI=1S/C22H21ClFN3O3S2/c1-14-20(15-2-4-17(23)5-3-15)25-22(31-14)26-21(28)16-10-12-27(13-11-16)32(29,30)19-8-6-18(24)7-9-19/h2-9,16H,10-13H2,1H3,(H,25,26,28). The Labute approximate surface area is 195 Å². The number of rotatable bonds is 5. The van der Waals surface area contributed by atoms with Crippen LogP contribution in [0.15, 0.2) is 53.4 Å². The lowest BCUT2D eigenvalue weighted by Crippen LogP contribution is -2.41. The summed E-state index contributed by atoms with van der Waals surface area (Å²) in [5.41, 5.74) is 1.71. The largest absolute Gasteiger partial charge is 0.302 e. The third-order valence-corrected chi connectivity index (χ3v) is 8.47. The molecular weight excluding hydrogens is 473 g/mol. The highest BCUT2D eigenvalue weighted by Gasteiger charge is 2.32. The normalized spacial score (nSPS) is 15.6. The number of benzene rings is 2. The number of sulfonamides is 1. The van der Waals surface area contributed by atoms with Gasteiger partial charge in [0.05, 0.1) is 10.6 Å². The Kier molecular flexibility index (Phi) is 6.62. The molecule has 1 N–H and O–H groups in total. The van der Waals surface area contributed by atoms with E-state index in [2.05, 4.69) is 10.3 Å². The van der Waals surface area contributed by atoms with Gasteiger partial charge in [0.1, 0.15) is 5.82 Å². The number of hydrogen-bond acceptors (Lipinski definition) is 5. The minimum Gasteiger partial charge on any atom is -0.302 e. The number of carbonyl (C=O) groups excluding carboxylic acids is 1. The lowest BCUT2D eigenvalue weighted by Gasteiger charge is -2.30. The first-order chi connectivity index (χ1) is 15.2. The van der Waals surface area contributed by atoms with Gasteiger partial charge < -0.3 is 5.32 Å². The summed E-state index contributed by atoms with van der Waals surface area (Å²) in [5.74, 6) is -0.964. The van der Waals surface area contributed by atoms with E-state index in [1.807, 2.05) is 19.1 Å². The first kappa shape index (κ1) is 22.8. The Bertz CT molecular complexity index is 1220. The Morgan fingerprint density at radius 1 is 1.12 bits per heavy atom. The number of piperidine rings is 1. The zero-order valence-electron chi connectivity index (χ0n) is 17.2. The lowest BCUT2D eigenvalue weighted by molar-refractivity contribution is -0.120. The molecule has 0 spiro atoms. The van der Waals surface area contributed by atoms with Gasteiger partial charge in [0.2, 0.25) is 15.9 Å². The third kappa shape index (κ3) is 4.85. The van der Waals surface area contributed by atoms with Crippen LogP contribution < -0.4 is 5.32 Å². The van der Waals surface area contributed by atoms with Crippen LogP contribution in [0.2, 0.25) is 5.02 Å². The van der Waals surface area contributed by atoms with E-state index in [0.29, 0.717) is 23.0 Å². The van der Waals surface area contributed by atoms with Crippen LogP contribution in [0.1, 0.15) is 17.7 Å². The van der Waals surface area contributed by atoms with E-state index in [0.717, 1.165) is 28.3 Å². The van der Waals surface area contributed by atoms with Crippen LogP contribution in [0.3, 0.4) is 0 Å². The molecule has 0 radical (unpaired) electrons. The average molecular weight is 494 g/mol. The summed E-state index contributed by atoms with van der Waals surface area (Å²) in [5, 5.41) is 4.03. The highest BCUT2D eigenvalue weighted by molar-refractivity contribution is 7.89. The maximum Gasteiger partial charge on any atom is 0.243 e. The fraction of sp³-hybridized carbons (Fsp3) is 0.273. The van der Waals surface area contributed by atoms with Crippen molar-refractivity contribution in [3.05, 3.63) is 64.2 Å². The molecule has 2 aromatic carbocycles. The van der Waals surface area contributed by atoms with Crippen LogP contribution in [0.4, 0.5) is 9.52 Å². The van der Waals surface area contributed by atoms with Crippen LogP contribution >= 0.6 is 22.9 Å². The molecule has 0 atom stereocenters. The quantitative estimate of drug-likeness (QED) is 0.545. The molecule has 1 aliphatic heterocycles. The van der Waals surface area contributed by atoms with E-state index in [1.165, 1.54) is 27.8 Å². The molecule has 0 aliphatic carbocycles. The second-order valence-electron chi connectivity index (χ2n) is 7.55. The summed E-state index contributed by atoms with van der Waals surface area (Å²) < 4.78 is 40.0. The molecule has 0 unspecified atom stereocenters. The van der Waals surface area contributed by atoms with Crippen LogP contribution in [-0.2, 0) is 14.8 Å². The fourth-order valence-corrected chi connectivity index (χ4v) is 6.08. The van der Waals surface area contributed by atoms with Gasteiger partial charge in [-0.2, -0.15) is 4.31 Å². The highest BCUT2D eigenvalue weighted by atomic mass is 35.5. The van der Waals surface area contributed by atoms with Crippen molar-refractivity contribution in [3.8, 4) is 11.3 Å². The number of amides is 1. The first-order valence-electron chi connectivity index (χ1n) is 10.0. The number of aryl methyl sites for hydroxylation is 1. The number of aromatic nitrogens is 1. The average Bonchev–Trinajstić information content (AvgIpc) is 3.14. The van der Waals surface area contributed by atoms with Gasteiger partial charge in [0.15, 0.2) is 5.13 Å². The van der Waals surface area contributed by atoms with Crippen LogP contribution in [0.25, 0.3) is 11.3 Å². The number of thiazole rings is 1. The molecule has 6 nitrogen and oxygen atoms in total. The zero-order chi connectivity index (χ0) is 22.9. The van der Waals surface area contributed by atoms with Gasteiger partial charge >= 0.3 is 0 Å². The molecule has 2 heterocycles. The SMILES string of the molecule is Cc1sc(NC(=O)C2CCN(S(=O)(=O)c3ccc(F)cc3)CC2)nc1-c1ccc(Cl)cc1. The van der Waals surface area contributed by atoms with Crippen LogP contribution in [0.5, 0.6) is 0 Å². The molecular formula is C22H21ClFN3O3S2. The number of carbonyl (C=O) groups is 1. The molecule has 32 heavy (non-hydrogen) atoms. The van der Waals surface area contributed by atoms with Crippen molar-refractivity contribution in [2.24, 2.45) is 5.92 Å². The van der Waals surface area contributed by atoms with Crippen LogP contribution in [-0.4, -0.2) is 36.7 Å². The van der Waals surface area contributed by atoms with Crippen molar-refractivity contribution >= 4 is 44.0 Å². The highest BCUT2D eigenvalue weighted by Crippen LogP contribution is 2.32. The Morgan fingerprint density at radius 2 is 1.75 bits per heavy atom. The molecule has 10 heteroatoms. The van der Waals surface area contributed by atoms with Gasteiger partial charge in [-0.15, -0.1) is 11.3 Å². The number of halogens is 2. The molecule has 1 saturated heterocycles. The minimum atomic E-state index is -3.71. The predicted molar refractivity (Wildman–Crippen MR) is 124 cm³/mol. The van der Waals surface area contributed by atoms with Crippen LogP contribution in [0, 0.1) is 18.7 Å². The predicted octanol–water partition coefficient (Wildman–Crippen LogP) is 4.95. The minimum absolute atomic E-state index is 0.0507. The summed E-state index contributed by atoms with van der Waals surface area (Å²) in [6.45, 7) is 2.39. The molecule has 0 saturated carbocycles. The van der Waals surface area contributed by atoms with E-state index in [1.54, 1.807) is 12.1 Å². The Balaban J connectivity index is 1.38. The molecule has 3 aromatic rings. The number of hydrogen-bond donors (Lipinski definition) is 1. The molecule has 1 aromatic heterocycles. The van der Waals surface area contributed by atoms with Gasteiger partial charge in [0, 0.05) is 34.5 Å². The van der Waals surface area contributed by atoms with Crippen molar-refractivity contribution in [1.82, 2.24) is 9.29 Å². The van der Waals surface area contributed by atoms with Gasteiger partial charge in [0.25, 0.3) is 0 Å². The maximum absolute atomic E-state index is 13.1. The molecule has 1 aliphatic rings. The van der Waals surface area contributed by atoms with Crippen molar-refractivity contribution in [2.75, 3.05) is 18.4 Å². The van der Waals surface area contributed by atoms with Gasteiger partial charge in [-0.1, -0.05) is 23.7 Å². The molecule has 4 rings (SSSR count). The van der Waals surface area contributed by atoms with Crippen molar-refractivity contribution in [3.63, 3.8) is 0 Å². The van der Waals surface area contributed by atoms with Gasteiger partial charge in [-0.25, -0.2) is 17.8 Å². The van der Waals surface area contributed by atoms with Gasteiger partial charge in [-0.05, 0) is 56.2 Å². The number of nitrogens with one attached hydrogen (secondary N) is 1.